The van der Waals surface area contributed by atoms with Gasteiger partial charge in [0, 0.05) is 26.5 Å². The Labute approximate surface area is 195 Å². The second kappa shape index (κ2) is 8.21. The lowest BCUT2D eigenvalue weighted by molar-refractivity contribution is 0.102. The molecule has 1 heterocycles. The van der Waals surface area contributed by atoms with Crippen LogP contribution in [0.15, 0.2) is 89.4 Å². The summed E-state index contributed by atoms with van der Waals surface area (Å²) >= 11 is 3.58. The molecule has 5 rings (SSSR count). The molecular weight excluding hydrogens is 460 g/mol. The average molecular weight is 481 g/mol. The maximum Gasteiger partial charge on any atom is 0.256 e. The van der Waals surface area contributed by atoms with Crippen molar-refractivity contribution in [3.63, 3.8) is 0 Å². The molecule has 3 nitrogen and oxygen atoms in total. The number of anilines is 1. The summed E-state index contributed by atoms with van der Waals surface area (Å²) in [6, 6.07) is 28.1. The molecule has 0 atom stereocenters. The molecule has 0 fully saturated rings. The van der Waals surface area contributed by atoms with Crippen LogP contribution in [0.1, 0.15) is 21.5 Å². The van der Waals surface area contributed by atoms with Gasteiger partial charge in [-0.15, -0.1) is 0 Å². The molecule has 0 saturated heterocycles. The van der Waals surface area contributed by atoms with E-state index in [4.69, 9.17) is 4.98 Å². The summed E-state index contributed by atoms with van der Waals surface area (Å²) in [7, 11) is 0. The first-order valence-electron chi connectivity index (χ1n) is 10.5. The van der Waals surface area contributed by atoms with Crippen LogP contribution >= 0.6 is 15.9 Å². The molecule has 0 radical (unpaired) electrons. The fraction of sp³-hybridized carbons (Fsp3) is 0.0714. The first kappa shape index (κ1) is 20.4. The van der Waals surface area contributed by atoms with Gasteiger partial charge in [-0.2, -0.15) is 0 Å². The van der Waals surface area contributed by atoms with Crippen molar-refractivity contribution in [1.82, 2.24) is 4.98 Å². The molecule has 4 aromatic carbocycles. The normalized spacial score (nSPS) is 11.1. The van der Waals surface area contributed by atoms with Gasteiger partial charge in [0.1, 0.15) is 0 Å². The zero-order chi connectivity index (χ0) is 22.2. The smallest absolute Gasteiger partial charge is 0.256 e. The molecule has 4 heteroatoms. The maximum atomic E-state index is 13.6. The minimum Gasteiger partial charge on any atom is -0.321 e. The Morgan fingerprint density at radius 3 is 2.41 bits per heavy atom. The number of halogens is 1. The third-order valence-corrected chi connectivity index (χ3v) is 6.16. The average Bonchev–Trinajstić information content (AvgIpc) is 2.79. The van der Waals surface area contributed by atoms with Gasteiger partial charge in [-0.25, -0.2) is 4.98 Å². The predicted octanol–water partition coefficient (Wildman–Crippen LogP) is 7.69. The van der Waals surface area contributed by atoms with Crippen molar-refractivity contribution < 1.29 is 4.79 Å². The topological polar surface area (TPSA) is 42.0 Å². The quantitative estimate of drug-likeness (QED) is 0.287. The lowest BCUT2D eigenvalue weighted by Crippen LogP contribution is -2.13. The van der Waals surface area contributed by atoms with Crippen molar-refractivity contribution in [2.24, 2.45) is 0 Å². The highest BCUT2D eigenvalue weighted by molar-refractivity contribution is 9.10. The Bertz CT molecular complexity index is 1480. The summed E-state index contributed by atoms with van der Waals surface area (Å²) in [5.74, 6) is -0.153. The molecule has 0 aliphatic carbocycles. The molecule has 1 N–H and O–H groups in total. The van der Waals surface area contributed by atoms with Crippen LogP contribution in [0.2, 0.25) is 0 Å². The molecule has 32 heavy (non-hydrogen) atoms. The number of pyridine rings is 1. The van der Waals surface area contributed by atoms with Crippen LogP contribution in [0, 0.1) is 13.8 Å². The van der Waals surface area contributed by atoms with Crippen LogP contribution in [-0.2, 0) is 0 Å². The number of nitrogens with one attached hydrogen (secondary N) is 1. The zero-order valence-electron chi connectivity index (χ0n) is 17.8. The van der Waals surface area contributed by atoms with E-state index in [9.17, 15) is 4.79 Å². The van der Waals surface area contributed by atoms with Gasteiger partial charge < -0.3 is 5.32 Å². The van der Waals surface area contributed by atoms with Crippen molar-refractivity contribution >= 4 is 49.2 Å². The van der Waals surface area contributed by atoms with E-state index in [2.05, 4.69) is 40.3 Å². The number of aromatic nitrogens is 1. The third-order valence-electron chi connectivity index (χ3n) is 5.70. The highest BCUT2D eigenvalue weighted by Gasteiger charge is 2.17. The summed E-state index contributed by atoms with van der Waals surface area (Å²) in [6.45, 7) is 4.08. The van der Waals surface area contributed by atoms with Crippen LogP contribution in [0.5, 0.6) is 0 Å². The number of hydrogen-bond donors (Lipinski definition) is 1. The van der Waals surface area contributed by atoms with Crippen molar-refractivity contribution in [3.05, 3.63) is 106 Å². The molecule has 5 aromatic rings. The second-order valence-corrected chi connectivity index (χ2v) is 8.94. The van der Waals surface area contributed by atoms with Crippen LogP contribution in [0.4, 0.5) is 5.69 Å². The monoisotopic (exact) mass is 480 g/mol. The van der Waals surface area contributed by atoms with E-state index in [1.807, 2.05) is 79.7 Å². The van der Waals surface area contributed by atoms with Gasteiger partial charge in [0.2, 0.25) is 0 Å². The van der Waals surface area contributed by atoms with Gasteiger partial charge in [0.05, 0.1) is 16.8 Å². The predicted molar refractivity (Wildman–Crippen MR) is 136 cm³/mol. The summed E-state index contributed by atoms with van der Waals surface area (Å²) in [5, 5.41) is 6.06. The number of rotatable bonds is 3. The minimum absolute atomic E-state index is 0.153. The number of hydrogen-bond acceptors (Lipinski definition) is 2. The number of aryl methyl sites for hydroxylation is 2. The molecule has 0 spiro atoms. The summed E-state index contributed by atoms with van der Waals surface area (Å²) in [4.78, 5) is 18.5. The van der Waals surface area contributed by atoms with E-state index in [0.717, 1.165) is 48.7 Å². The van der Waals surface area contributed by atoms with Crippen LogP contribution in [0.3, 0.4) is 0 Å². The van der Waals surface area contributed by atoms with Gasteiger partial charge in [-0.1, -0.05) is 82.2 Å². The Morgan fingerprint density at radius 1 is 0.844 bits per heavy atom. The van der Waals surface area contributed by atoms with Crippen LogP contribution in [0.25, 0.3) is 32.9 Å². The summed E-state index contributed by atoms with van der Waals surface area (Å²) < 4.78 is 0.923. The number of amides is 1. The van der Waals surface area contributed by atoms with E-state index in [1.165, 1.54) is 5.56 Å². The van der Waals surface area contributed by atoms with Gasteiger partial charge >= 0.3 is 0 Å². The van der Waals surface area contributed by atoms with E-state index < -0.39 is 0 Å². The highest BCUT2D eigenvalue weighted by Crippen LogP contribution is 2.31. The van der Waals surface area contributed by atoms with E-state index >= 15 is 0 Å². The molecule has 156 valence electrons. The van der Waals surface area contributed by atoms with Gasteiger partial charge in [-0.3, -0.25) is 4.79 Å². The second-order valence-electron chi connectivity index (χ2n) is 8.02. The van der Waals surface area contributed by atoms with Crippen molar-refractivity contribution in [3.8, 4) is 11.3 Å². The number of benzene rings is 4. The van der Waals surface area contributed by atoms with Crippen molar-refractivity contribution in [2.45, 2.75) is 13.8 Å². The molecule has 0 bridgehead atoms. The third kappa shape index (κ3) is 3.78. The van der Waals surface area contributed by atoms with Gasteiger partial charge in [0.25, 0.3) is 5.91 Å². The lowest BCUT2D eigenvalue weighted by Gasteiger charge is -2.14. The minimum atomic E-state index is -0.153. The van der Waals surface area contributed by atoms with Gasteiger partial charge in [0.15, 0.2) is 0 Å². The largest absolute Gasteiger partial charge is 0.321 e. The molecule has 0 aliphatic rings. The molecule has 0 unspecified atom stereocenters. The highest BCUT2D eigenvalue weighted by atomic mass is 79.9. The number of carbonyl (C=O) groups excluding carboxylic acids is 1. The zero-order valence-corrected chi connectivity index (χ0v) is 19.4. The Hall–Kier alpha value is -3.50. The SMILES string of the molecule is Cc1ccc(-c2cc(C(=O)Nc3cccc4ccccc34)c3cc(Br)cc(C)c3n2)cc1. The number of fused-ring (bicyclic) bond motifs is 2. The maximum absolute atomic E-state index is 13.6. The number of carbonyl (C=O) groups is 1. The van der Waals surface area contributed by atoms with Crippen LogP contribution in [-0.4, -0.2) is 10.9 Å². The summed E-state index contributed by atoms with van der Waals surface area (Å²) in [6.07, 6.45) is 0. The standard InChI is InChI=1S/C28H21BrN2O/c1-17-10-12-20(13-11-17)26-16-24(23-15-21(29)14-18(2)27(23)30-26)28(32)31-25-9-5-7-19-6-3-4-8-22(19)25/h3-16H,1-2H3,(H,31,32). The fourth-order valence-electron chi connectivity index (χ4n) is 4.04. The van der Waals surface area contributed by atoms with Crippen molar-refractivity contribution in [1.29, 1.82) is 0 Å². The van der Waals surface area contributed by atoms with E-state index in [-0.39, 0.29) is 5.91 Å². The first-order valence-corrected chi connectivity index (χ1v) is 11.3. The molecular formula is C28H21BrN2O. The fourth-order valence-corrected chi connectivity index (χ4v) is 4.61. The van der Waals surface area contributed by atoms with Crippen molar-refractivity contribution in [2.75, 3.05) is 5.32 Å². The van der Waals surface area contributed by atoms with Crippen LogP contribution < -0.4 is 5.32 Å². The van der Waals surface area contributed by atoms with Gasteiger partial charge in [-0.05, 0) is 49.1 Å². The first-order chi connectivity index (χ1) is 15.5. The lowest BCUT2D eigenvalue weighted by atomic mass is 10.0. The Kier molecular flexibility index (Phi) is 5.24. The molecule has 1 amide bonds. The van der Waals surface area contributed by atoms with E-state index in [1.54, 1.807) is 0 Å². The number of nitrogens with zero attached hydrogens (tertiary/aromatic N) is 1. The molecule has 0 saturated carbocycles. The molecule has 0 aliphatic heterocycles. The molecule has 1 aromatic heterocycles. The summed E-state index contributed by atoms with van der Waals surface area (Å²) in [5.41, 5.74) is 6.19. The Balaban J connectivity index is 1.67. The Morgan fingerprint density at radius 2 is 1.59 bits per heavy atom. The van der Waals surface area contributed by atoms with E-state index in [0.29, 0.717) is 5.56 Å².